The molecule has 8 aromatic carbocycles. The predicted molar refractivity (Wildman–Crippen MR) is 261 cm³/mol. The SMILES string of the molecule is FC(F)(F)c1cccc(-c2nnc(-c3[c-]c4ccccc4o3)c3cc4ccccc4cc23)c1C(F)(F)F.[CH-]=C(O)c1nncc2cc3ccccc3cc12.[CH-]=C(O)c1nncc2cc3ccccc3cc12.[Ir+3]. The van der Waals surface area contributed by atoms with Crippen molar-refractivity contribution in [2.24, 2.45) is 0 Å². The van der Waals surface area contributed by atoms with Crippen LogP contribution in [0.25, 0.3) is 110 Å². The number of para-hydroxylation sites is 1. The van der Waals surface area contributed by atoms with Gasteiger partial charge in [-0.05, 0) is 95.6 Å². The summed E-state index contributed by atoms with van der Waals surface area (Å²) in [7, 11) is 0. The number of nitrogens with zero attached hydrogens (tertiary/aromatic N) is 6. The molecule has 0 spiro atoms. The predicted octanol–water partition coefficient (Wildman–Crippen LogP) is 14.9. The third-order valence-electron chi connectivity index (χ3n) is 11.7. The fraction of sp³-hybridized carbons (Fsp3) is 0.0357. The van der Waals surface area contributed by atoms with Crippen LogP contribution in [0.15, 0.2) is 168 Å². The normalized spacial score (nSPS) is 11.6. The summed E-state index contributed by atoms with van der Waals surface area (Å²) in [5, 5.41) is 52.8. The van der Waals surface area contributed by atoms with E-state index in [4.69, 9.17) is 17.6 Å². The van der Waals surface area contributed by atoms with E-state index in [1.165, 1.54) is 0 Å². The molecule has 0 atom stereocenters. The van der Waals surface area contributed by atoms with Crippen LogP contribution in [0.1, 0.15) is 22.5 Å². The van der Waals surface area contributed by atoms with Crippen LogP contribution in [0, 0.1) is 19.2 Å². The molecule has 0 aliphatic rings. The van der Waals surface area contributed by atoms with Crippen LogP contribution in [0.5, 0.6) is 0 Å². The standard InChI is InChI=1S/C28H13F6N2O.2C14H9N2O.Ir/c29-27(30,31)21-10-5-9-18(24(21)28(32,33)34)25-19-12-15-6-1-2-7-16(15)13-20(19)26(36-35-25)23-14-17-8-3-4-11-22(17)37-23;2*1-9(17)14-13-7-11-5-3-2-4-10(11)6-12(13)8-15-16-14;/h1-13H;2*1-8,17H;/q3*-1;+3. The third kappa shape index (κ3) is 9.40. The first-order valence-electron chi connectivity index (χ1n) is 21.4. The van der Waals surface area contributed by atoms with Crippen molar-refractivity contribution in [3.05, 3.63) is 206 Å². The molecule has 0 bridgehead atoms. The molecule has 9 nitrogen and oxygen atoms in total. The number of furan rings is 1. The van der Waals surface area contributed by atoms with E-state index in [9.17, 15) is 36.6 Å². The van der Waals surface area contributed by atoms with Gasteiger partial charge in [-0.25, -0.2) is 23.4 Å². The molecule has 72 heavy (non-hydrogen) atoms. The maximum absolute atomic E-state index is 14.1. The Balaban J connectivity index is 0.000000151. The number of hydrogen-bond donors (Lipinski definition) is 2. The molecular weight excluding hydrogens is 1110 g/mol. The molecule has 354 valence electrons. The quantitative estimate of drug-likeness (QED) is 0.0765. The number of benzene rings is 8. The van der Waals surface area contributed by atoms with E-state index in [0.717, 1.165) is 60.6 Å². The van der Waals surface area contributed by atoms with Gasteiger partial charge in [-0.1, -0.05) is 132 Å². The zero-order chi connectivity index (χ0) is 49.6. The van der Waals surface area contributed by atoms with E-state index < -0.39 is 29.0 Å². The first-order chi connectivity index (χ1) is 34.1. The minimum atomic E-state index is -5.29. The number of rotatable bonds is 4. The molecule has 0 aliphatic heterocycles. The first kappa shape index (κ1) is 48.4. The van der Waals surface area contributed by atoms with Crippen molar-refractivity contribution in [1.29, 1.82) is 0 Å². The second-order valence-corrected chi connectivity index (χ2v) is 16.1. The summed E-state index contributed by atoms with van der Waals surface area (Å²) < 4.78 is 89.0. The average molecular weight is 1140 g/mol. The average Bonchev–Trinajstić information content (AvgIpc) is 3.80. The summed E-state index contributed by atoms with van der Waals surface area (Å²) in [6, 6.07) is 46.8. The van der Waals surface area contributed by atoms with E-state index >= 15 is 0 Å². The van der Waals surface area contributed by atoms with E-state index in [-0.39, 0.29) is 54.2 Å². The van der Waals surface area contributed by atoms with Crippen molar-refractivity contribution >= 4 is 87.1 Å². The Morgan fingerprint density at radius 1 is 0.472 bits per heavy atom. The Morgan fingerprint density at radius 2 is 0.903 bits per heavy atom. The van der Waals surface area contributed by atoms with Gasteiger partial charge in [-0.2, -0.15) is 46.7 Å². The molecule has 4 aromatic heterocycles. The molecule has 0 radical (unpaired) electrons. The second-order valence-electron chi connectivity index (χ2n) is 16.1. The largest absolute Gasteiger partial charge is 3.00 e. The van der Waals surface area contributed by atoms with Gasteiger partial charge in [0, 0.05) is 16.5 Å². The van der Waals surface area contributed by atoms with Crippen LogP contribution in [-0.4, -0.2) is 40.8 Å². The number of hydrogen-bond acceptors (Lipinski definition) is 9. The first-order valence-corrected chi connectivity index (χ1v) is 21.4. The number of halogens is 6. The summed E-state index contributed by atoms with van der Waals surface area (Å²) in [4.78, 5) is 0. The van der Waals surface area contributed by atoms with Crippen molar-refractivity contribution in [3.63, 3.8) is 0 Å². The maximum atomic E-state index is 14.1. The molecule has 12 rings (SSSR count). The van der Waals surface area contributed by atoms with E-state index in [1.54, 1.807) is 67.0 Å². The van der Waals surface area contributed by atoms with Crippen molar-refractivity contribution in [1.82, 2.24) is 30.6 Å². The Morgan fingerprint density at radius 3 is 1.36 bits per heavy atom. The number of aliphatic hydroxyl groups excluding tert-OH is 2. The Hall–Kier alpha value is -8.59. The Bertz CT molecular complexity index is 3920. The number of aliphatic hydroxyl groups is 2. The van der Waals surface area contributed by atoms with Crippen LogP contribution in [0.4, 0.5) is 26.3 Å². The molecule has 0 saturated carbocycles. The third-order valence-corrected chi connectivity index (χ3v) is 11.7. The molecule has 0 saturated heterocycles. The van der Waals surface area contributed by atoms with Gasteiger partial charge in [0.25, 0.3) is 0 Å². The fourth-order valence-electron chi connectivity index (χ4n) is 8.45. The number of alkyl halides is 6. The van der Waals surface area contributed by atoms with Gasteiger partial charge in [-0.15, -0.1) is 17.5 Å². The molecule has 12 aromatic rings. The molecular formula is C56H31F6IrN6O3. The number of aromatic nitrogens is 6. The van der Waals surface area contributed by atoms with Gasteiger partial charge in [0.2, 0.25) is 0 Å². The molecule has 0 unspecified atom stereocenters. The van der Waals surface area contributed by atoms with E-state index in [1.807, 2.05) is 78.9 Å². The summed E-state index contributed by atoms with van der Waals surface area (Å²) in [5.74, 6) is -0.405. The monoisotopic (exact) mass is 1140 g/mol. The minimum Gasteiger partial charge on any atom is -0.544 e. The molecule has 16 heteroatoms. The minimum absolute atomic E-state index is 0. The molecule has 0 fully saturated rings. The second kappa shape index (κ2) is 19.3. The summed E-state index contributed by atoms with van der Waals surface area (Å²) in [5.41, 5.74) is -3.25. The topological polar surface area (TPSA) is 131 Å². The van der Waals surface area contributed by atoms with Gasteiger partial charge >= 0.3 is 32.5 Å². The zero-order valence-corrected chi connectivity index (χ0v) is 39.2. The van der Waals surface area contributed by atoms with Gasteiger partial charge < -0.3 is 14.6 Å². The maximum Gasteiger partial charge on any atom is 3.00 e. The fourth-order valence-corrected chi connectivity index (χ4v) is 8.45. The van der Waals surface area contributed by atoms with Crippen molar-refractivity contribution in [3.8, 4) is 22.7 Å². The Kier molecular flexibility index (Phi) is 13.0. The van der Waals surface area contributed by atoms with Gasteiger partial charge in [-0.3, -0.25) is 0 Å². The van der Waals surface area contributed by atoms with Gasteiger partial charge in [0.05, 0.1) is 40.7 Å². The smallest absolute Gasteiger partial charge is 0.544 e. The van der Waals surface area contributed by atoms with Crippen LogP contribution in [0.3, 0.4) is 0 Å². The van der Waals surface area contributed by atoms with Crippen LogP contribution in [0.2, 0.25) is 0 Å². The summed E-state index contributed by atoms with van der Waals surface area (Å²) >= 11 is 0. The van der Waals surface area contributed by atoms with Crippen molar-refractivity contribution in [2.75, 3.05) is 0 Å². The molecule has 2 N–H and O–H groups in total. The molecule has 0 amide bonds. The number of fused-ring (bicyclic) bond motifs is 7. The zero-order valence-electron chi connectivity index (χ0n) is 36.8. The summed E-state index contributed by atoms with van der Waals surface area (Å²) in [6.07, 6.45) is -7.19. The molecule has 0 aliphatic carbocycles. The summed E-state index contributed by atoms with van der Waals surface area (Å²) in [6.45, 7) is 10.8. The van der Waals surface area contributed by atoms with Gasteiger partial charge in [0.1, 0.15) is 0 Å². The van der Waals surface area contributed by atoms with Crippen molar-refractivity contribution in [2.45, 2.75) is 12.4 Å². The van der Waals surface area contributed by atoms with Crippen LogP contribution >= 0.6 is 0 Å². The van der Waals surface area contributed by atoms with Crippen LogP contribution in [-0.2, 0) is 32.5 Å². The van der Waals surface area contributed by atoms with E-state index in [0.29, 0.717) is 39.2 Å². The van der Waals surface area contributed by atoms with E-state index in [2.05, 4.69) is 36.7 Å². The van der Waals surface area contributed by atoms with Crippen LogP contribution < -0.4 is 0 Å². The molecule has 4 heterocycles. The Labute approximate surface area is 417 Å². The van der Waals surface area contributed by atoms with Crippen molar-refractivity contribution < 1.29 is 61.1 Å². The van der Waals surface area contributed by atoms with Gasteiger partial charge in [0.15, 0.2) is 0 Å².